The first-order chi connectivity index (χ1) is 6.54. The molecule has 2 nitrogen and oxygen atoms in total. The van der Waals surface area contributed by atoms with E-state index in [1.165, 1.54) is 12.1 Å². The van der Waals surface area contributed by atoms with Gasteiger partial charge in [0.1, 0.15) is 11.6 Å². The molecule has 0 aliphatic rings. The van der Waals surface area contributed by atoms with Gasteiger partial charge in [-0.15, -0.1) is 0 Å². The van der Waals surface area contributed by atoms with Crippen molar-refractivity contribution in [2.45, 2.75) is 19.9 Å². The highest BCUT2D eigenvalue weighted by Gasteiger charge is 2.15. The fourth-order valence-electron chi connectivity index (χ4n) is 1.43. The highest BCUT2D eigenvalue weighted by Crippen LogP contribution is 2.22. The Morgan fingerprint density at radius 2 is 1.64 bits per heavy atom. The second-order valence-corrected chi connectivity index (χ2v) is 3.59. The summed E-state index contributed by atoms with van der Waals surface area (Å²) in [4.78, 5) is 0. The molecule has 0 aromatic heterocycles. The summed E-state index contributed by atoms with van der Waals surface area (Å²) in [6.45, 7) is 3.85. The molecule has 0 aliphatic heterocycles. The Balaban J connectivity index is 3.04. The predicted octanol–water partition coefficient (Wildman–Crippen LogP) is 2.13. The van der Waals surface area contributed by atoms with E-state index in [9.17, 15) is 8.78 Å². The molecule has 1 aromatic carbocycles. The third-order valence-electron chi connectivity index (χ3n) is 2.09. The molecule has 1 aromatic rings. The monoisotopic (exact) mass is 200 g/mol. The molecule has 0 fully saturated rings. The van der Waals surface area contributed by atoms with Gasteiger partial charge in [0.05, 0.1) is 0 Å². The van der Waals surface area contributed by atoms with Crippen LogP contribution in [0.25, 0.3) is 0 Å². The van der Waals surface area contributed by atoms with Crippen molar-refractivity contribution in [2.24, 2.45) is 11.8 Å². The van der Waals surface area contributed by atoms with Gasteiger partial charge in [-0.1, -0.05) is 13.8 Å². The Kier molecular flexibility index (Phi) is 3.55. The Bertz CT molecular complexity index is 293. The number of benzene rings is 1. The second kappa shape index (κ2) is 4.48. The SMILES string of the molecule is CC(C)C(NN)c1cc(F)cc(F)c1. The molecule has 1 unspecified atom stereocenters. The largest absolute Gasteiger partial charge is 0.271 e. The van der Waals surface area contributed by atoms with Crippen molar-refractivity contribution in [3.63, 3.8) is 0 Å². The van der Waals surface area contributed by atoms with Crippen molar-refractivity contribution in [1.29, 1.82) is 0 Å². The quantitative estimate of drug-likeness (QED) is 0.579. The van der Waals surface area contributed by atoms with E-state index in [4.69, 9.17) is 5.84 Å². The van der Waals surface area contributed by atoms with Crippen molar-refractivity contribution in [3.05, 3.63) is 35.4 Å². The molecule has 3 N–H and O–H groups in total. The van der Waals surface area contributed by atoms with Crippen LogP contribution in [-0.4, -0.2) is 0 Å². The summed E-state index contributed by atoms with van der Waals surface area (Å²) in [5, 5.41) is 0. The van der Waals surface area contributed by atoms with Crippen molar-refractivity contribution < 1.29 is 8.78 Å². The van der Waals surface area contributed by atoms with Gasteiger partial charge in [0, 0.05) is 12.1 Å². The maximum Gasteiger partial charge on any atom is 0.126 e. The molecule has 0 bridgehead atoms. The number of hydrogen-bond donors (Lipinski definition) is 2. The number of halogens is 2. The molecule has 0 aliphatic carbocycles. The lowest BCUT2D eigenvalue weighted by Gasteiger charge is -2.20. The van der Waals surface area contributed by atoms with Gasteiger partial charge >= 0.3 is 0 Å². The molecule has 0 saturated heterocycles. The average molecular weight is 200 g/mol. The summed E-state index contributed by atoms with van der Waals surface area (Å²) in [5.74, 6) is 4.31. The van der Waals surface area contributed by atoms with Gasteiger partial charge in [0.2, 0.25) is 0 Å². The summed E-state index contributed by atoms with van der Waals surface area (Å²) in [7, 11) is 0. The van der Waals surface area contributed by atoms with E-state index >= 15 is 0 Å². The van der Waals surface area contributed by atoms with Gasteiger partial charge < -0.3 is 0 Å². The van der Waals surface area contributed by atoms with Crippen LogP contribution in [0.4, 0.5) is 8.78 Å². The van der Waals surface area contributed by atoms with Crippen molar-refractivity contribution >= 4 is 0 Å². The van der Waals surface area contributed by atoms with Gasteiger partial charge in [-0.05, 0) is 23.6 Å². The maximum atomic E-state index is 12.9. The first-order valence-corrected chi connectivity index (χ1v) is 4.46. The molecular weight excluding hydrogens is 186 g/mol. The molecule has 4 heteroatoms. The van der Waals surface area contributed by atoms with E-state index in [1.54, 1.807) is 0 Å². The fourth-order valence-corrected chi connectivity index (χ4v) is 1.43. The predicted molar refractivity (Wildman–Crippen MR) is 51.3 cm³/mol. The van der Waals surface area contributed by atoms with E-state index in [0.29, 0.717) is 5.56 Å². The molecule has 0 heterocycles. The Labute approximate surface area is 82.1 Å². The van der Waals surface area contributed by atoms with Crippen LogP contribution in [0.15, 0.2) is 18.2 Å². The van der Waals surface area contributed by atoms with Crippen LogP contribution in [-0.2, 0) is 0 Å². The highest BCUT2D eigenvalue weighted by atomic mass is 19.1. The maximum absolute atomic E-state index is 12.9. The normalized spacial score (nSPS) is 13.3. The standard InChI is InChI=1S/C10H14F2N2/c1-6(2)10(14-13)7-3-8(11)5-9(12)4-7/h3-6,10,14H,13H2,1-2H3. The van der Waals surface area contributed by atoms with Crippen molar-refractivity contribution in [2.75, 3.05) is 0 Å². The third-order valence-corrected chi connectivity index (χ3v) is 2.09. The number of hydrogen-bond acceptors (Lipinski definition) is 2. The van der Waals surface area contributed by atoms with Gasteiger partial charge in [0.15, 0.2) is 0 Å². The van der Waals surface area contributed by atoms with Crippen molar-refractivity contribution in [1.82, 2.24) is 5.43 Å². The minimum absolute atomic E-state index is 0.168. The summed E-state index contributed by atoms with van der Waals surface area (Å²) >= 11 is 0. The van der Waals surface area contributed by atoms with Crippen LogP contribution in [0.5, 0.6) is 0 Å². The molecular formula is C10H14F2N2. The van der Waals surface area contributed by atoms with Crippen molar-refractivity contribution in [3.8, 4) is 0 Å². The zero-order chi connectivity index (χ0) is 10.7. The van der Waals surface area contributed by atoms with E-state index in [0.717, 1.165) is 6.07 Å². The van der Waals surface area contributed by atoms with Gasteiger partial charge in [0.25, 0.3) is 0 Å². The minimum atomic E-state index is -0.583. The number of hydrazine groups is 1. The van der Waals surface area contributed by atoms with E-state index < -0.39 is 11.6 Å². The van der Waals surface area contributed by atoms with Crippen LogP contribution in [0.3, 0.4) is 0 Å². The zero-order valence-corrected chi connectivity index (χ0v) is 8.22. The van der Waals surface area contributed by atoms with Crippen LogP contribution in [0, 0.1) is 17.6 Å². The number of rotatable bonds is 3. The fraction of sp³-hybridized carbons (Fsp3) is 0.400. The Morgan fingerprint density at radius 1 is 1.14 bits per heavy atom. The van der Waals surface area contributed by atoms with Gasteiger partial charge in [-0.3, -0.25) is 11.3 Å². The molecule has 1 atom stereocenters. The van der Waals surface area contributed by atoms with Gasteiger partial charge in [-0.25, -0.2) is 8.78 Å². The van der Waals surface area contributed by atoms with Crippen LogP contribution in [0.1, 0.15) is 25.5 Å². The first-order valence-electron chi connectivity index (χ1n) is 4.46. The lowest BCUT2D eigenvalue weighted by molar-refractivity contribution is 0.417. The number of nitrogens with one attached hydrogen (secondary N) is 1. The molecule has 1 rings (SSSR count). The molecule has 0 spiro atoms. The second-order valence-electron chi connectivity index (χ2n) is 3.59. The van der Waals surface area contributed by atoms with Crippen LogP contribution >= 0.6 is 0 Å². The topological polar surface area (TPSA) is 38.0 Å². The van der Waals surface area contributed by atoms with E-state index in [-0.39, 0.29) is 12.0 Å². The van der Waals surface area contributed by atoms with Crippen LogP contribution in [0.2, 0.25) is 0 Å². The molecule has 0 radical (unpaired) electrons. The summed E-state index contributed by atoms with van der Waals surface area (Å²) in [6, 6.07) is 3.18. The molecule has 14 heavy (non-hydrogen) atoms. The molecule has 0 amide bonds. The van der Waals surface area contributed by atoms with E-state index in [1.807, 2.05) is 13.8 Å². The minimum Gasteiger partial charge on any atom is -0.271 e. The smallest absolute Gasteiger partial charge is 0.126 e. The highest BCUT2D eigenvalue weighted by molar-refractivity contribution is 5.21. The summed E-state index contributed by atoms with van der Waals surface area (Å²) < 4.78 is 25.8. The summed E-state index contributed by atoms with van der Waals surface area (Å²) in [6.07, 6.45) is 0. The third kappa shape index (κ3) is 2.49. The average Bonchev–Trinajstić information content (AvgIpc) is 2.02. The van der Waals surface area contributed by atoms with Gasteiger partial charge in [-0.2, -0.15) is 0 Å². The zero-order valence-electron chi connectivity index (χ0n) is 8.22. The number of nitrogens with two attached hydrogens (primary N) is 1. The Morgan fingerprint density at radius 3 is 2.00 bits per heavy atom. The lowest BCUT2D eigenvalue weighted by Crippen LogP contribution is -2.31. The first kappa shape index (κ1) is 11.1. The lowest BCUT2D eigenvalue weighted by atomic mass is 9.96. The van der Waals surface area contributed by atoms with Crippen LogP contribution < -0.4 is 11.3 Å². The van der Waals surface area contributed by atoms with E-state index in [2.05, 4.69) is 5.43 Å². The summed E-state index contributed by atoms with van der Waals surface area (Å²) in [5.41, 5.74) is 3.07. The Hall–Kier alpha value is -1.00. The molecule has 78 valence electrons. The molecule has 0 saturated carbocycles.